The molecule has 2 aromatic carbocycles. The molecular weight excluding hydrogens is 370 g/mol. The Kier molecular flexibility index (Phi) is 5.48. The maximum atomic E-state index is 12.7. The van der Waals surface area contributed by atoms with Crippen LogP contribution in [0.5, 0.6) is 5.75 Å². The van der Waals surface area contributed by atoms with Gasteiger partial charge < -0.3 is 19.4 Å². The molecule has 1 aliphatic heterocycles. The van der Waals surface area contributed by atoms with Gasteiger partial charge in [0.1, 0.15) is 11.3 Å². The second kappa shape index (κ2) is 8.36. The van der Waals surface area contributed by atoms with E-state index in [-0.39, 0.29) is 18.4 Å². The minimum Gasteiger partial charge on any atom is -0.497 e. The molecular formula is C22H23N3O4. The third-order valence-corrected chi connectivity index (χ3v) is 5.02. The number of carbonyl (C=O) groups is 2. The number of nitrogens with one attached hydrogen (secondary N) is 1. The first-order chi connectivity index (χ1) is 14.1. The molecule has 0 spiro atoms. The largest absolute Gasteiger partial charge is 0.497 e. The molecule has 7 nitrogen and oxygen atoms in total. The van der Waals surface area contributed by atoms with E-state index in [9.17, 15) is 9.59 Å². The Hall–Kier alpha value is -3.32. The SMILES string of the molecule is COc1cccc(NC(=O)CN2CCN(C(=O)c3cc4ccccc4o3)CC2)c1. The van der Waals surface area contributed by atoms with Crippen molar-refractivity contribution in [3.63, 3.8) is 0 Å². The van der Waals surface area contributed by atoms with Gasteiger partial charge in [-0.15, -0.1) is 0 Å². The van der Waals surface area contributed by atoms with Gasteiger partial charge in [0.15, 0.2) is 5.76 Å². The molecule has 1 saturated heterocycles. The standard InChI is InChI=1S/C22H23N3O4/c1-28-18-7-4-6-17(14-18)23-21(26)15-24-9-11-25(12-10-24)22(27)20-13-16-5-2-3-8-19(16)29-20/h2-8,13-14H,9-12,15H2,1H3,(H,23,26). The van der Waals surface area contributed by atoms with Crippen molar-refractivity contribution in [1.82, 2.24) is 9.80 Å². The first-order valence-electron chi connectivity index (χ1n) is 9.56. The van der Waals surface area contributed by atoms with Gasteiger partial charge in [-0.25, -0.2) is 0 Å². The molecule has 29 heavy (non-hydrogen) atoms. The van der Waals surface area contributed by atoms with Crippen LogP contribution in [0.15, 0.2) is 59.0 Å². The fraction of sp³-hybridized carbons (Fsp3) is 0.273. The van der Waals surface area contributed by atoms with E-state index < -0.39 is 0 Å². The number of anilines is 1. The number of nitrogens with zero attached hydrogens (tertiary/aromatic N) is 2. The van der Waals surface area contributed by atoms with Crippen molar-refractivity contribution < 1.29 is 18.7 Å². The van der Waals surface area contributed by atoms with E-state index in [0.29, 0.717) is 49.0 Å². The highest BCUT2D eigenvalue weighted by Gasteiger charge is 2.25. The number of fused-ring (bicyclic) bond motifs is 1. The number of rotatable bonds is 5. The molecule has 0 atom stereocenters. The van der Waals surface area contributed by atoms with Crippen LogP contribution in [0.1, 0.15) is 10.6 Å². The van der Waals surface area contributed by atoms with Crippen molar-refractivity contribution in [2.45, 2.75) is 0 Å². The molecule has 1 aliphatic rings. The highest BCUT2D eigenvalue weighted by molar-refractivity contribution is 5.96. The van der Waals surface area contributed by atoms with Gasteiger partial charge in [-0.05, 0) is 24.3 Å². The zero-order valence-electron chi connectivity index (χ0n) is 16.3. The summed E-state index contributed by atoms with van der Waals surface area (Å²) >= 11 is 0. The molecule has 150 valence electrons. The van der Waals surface area contributed by atoms with Crippen molar-refractivity contribution in [3.05, 3.63) is 60.4 Å². The first-order valence-corrected chi connectivity index (χ1v) is 9.56. The van der Waals surface area contributed by atoms with Crippen LogP contribution in [0.25, 0.3) is 11.0 Å². The Morgan fingerprint density at radius 3 is 2.59 bits per heavy atom. The number of para-hydroxylation sites is 1. The van der Waals surface area contributed by atoms with Crippen molar-refractivity contribution >= 4 is 28.5 Å². The lowest BCUT2D eigenvalue weighted by molar-refractivity contribution is -0.117. The number of piperazine rings is 1. The highest BCUT2D eigenvalue weighted by atomic mass is 16.5. The number of hydrogen-bond donors (Lipinski definition) is 1. The number of furan rings is 1. The lowest BCUT2D eigenvalue weighted by atomic mass is 10.2. The van der Waals surface area contributed by atoms with Gasteiger partial charge >= 0.3 is 0 Å². The monoisotopic (exact) mass is 393 g/mol. The molecule has 2 amide bonds. The van der Waals surface area contributed by atoms with E-state index in [1.165, 1.54) is 0 Å². The van der Waals surface area contributed by atoms with E-state index in [1.54, 1.807) is 24.1 Å². The van der Waals surface area contributed by atoms with Crippen molar-refractivity contribution in [2.75, 3.05) is 45.2 Å². The summed E-state index contributed by atoms with van der Waals surface area (Å²) in [6.45, 7) is 2.67. The average Bonchev–Trinajstić information content (AvgIpc) is 3.18. The Morgan fingerprint density at radius 1 is 1.03 bits per heavy atom. The van der Waals surface area contributed by atoms with Gasteiger partial charge in [0.2, 0.25) is 5.91 Å². The number of methoxy groups -OCH3 is 1. The number of hydrogen-bond acceptors (Lipinski definition) is 5. The molecule has 1 aromatic heterocycles. The van der Waals surface area contributed by atoms with E-state index in [4.69, 9.17) is 9.15 Å². The summed E-state index contributed by atoms with van der Waals surface area (Å²) in [6.07, 6.45) is 0. The molecule has 4 rings (SSSR count). The van der Waals surface area contributed by atoms with Crippen LogP contribution < -0.4 is 10.1 Å². The molecule has 3 aromatic rings. The topological polar surface area (TPSA) is 75.0 Å². The van der Waals surface area contributed by atoms with Crippen molar-refractivity contribution in [3.8, 4) is 5.75 Å². The van der Waals surface area contributed by atoms with Crippen molar-refractivity contribution in [2.24, 2.45) is 0 Å². The van der Waals surface area contributed by atoms with E-state index in [1.807, 2.05) is 47.4 Å². The van der Waals surface area contributed by atoms with Crippen LogP contribution in [0.2, 0.25) is 0 Å². The fourth-order valence-electron chi connectivity index (χ4n) is 3.46. The van der Waals surface area contributed by atoms with Gasteiger partial charge in [0.05, 0.1) is 13.7 Å². The maximum absolute atomic E-state index is 12.7. The fourth-order valence-corrected chi connectivity index (χ4v) is 3.46. The Balaban J connectivity index is 1.29. The highest BCUT2D eigenvalue weighted by Crippen LogP contribution is 2.21. The minimum atomic E-state index is -0.110. The summed E-state index contributed by atoms with van der Waals surface area (Å²) in [4.78, 5) is 28.9. The zero-order chi connectivity index (χ0) is 20.2. The van der Waals surface area contributed by atoms with Crippen LogP contribution in [0, 0.1) is 0 Å². The van der Waals surface area contributed by atoms with E-state index >= 15 is 0 Å². The van der Waals surface area contributed by atoms with Crippen LogP contribution in [0.4, 0.5) is 5.69 Å². The average molecular weight is 393 g/mol. The summed E-state index contributed by atoms with van der Waals surface area (Å²) in [7, 11) is 1.59. The summed E-state index contributed by atoms with van der Waals surface area (Å²) in [6, 6.07) is 16.6. The molecule has 0 saturated carbocycles. The first kappa shape index (κ1) is 19.0. The summed E-state index contributed by atoms with van der Waals surface area (Å²) in [5, 5.41) is 3.80. The normalized spacial score (nSPS) is 14.7. The molecule has 1 fully saturated rings. The number of benzene rings is 2. The lowest BCUT2D eigenvalue weighted by Crippen LogP contribution is -2.50. The quantitative estimate of drug-likeness (QED) is 0.722. The lowest BCUT2D eigenvalue weighted by Gasteiger charge is -2.33. The van der Waals surface area contributed by atoms with Gasteiger partial charge in [-0.2, -0.15) is 0 Å². The molecule has 1 N–H and O–H groups in total. The predicted molar refractivity (Wildman–Crippen MR) is 110 cm³/mol. The van der Waals surface area contributed by atoms with Crippen LogP contribution in [-0.4, -0.2) is 61.4 Å². The summed E-state index contributed by atoms with van der Waals surface area (Å²) in [5.41, 5.74) is 1.41. The molecule has 0 bridgehead atoms. The number of carbonyl (C=O) groups excluding carboxylic acids is 2. The van der Waals surface area contributed by atoms with Crippen LogP contribution in [-0.2, 0) is 4.79 Å². The second-order valence-corrected chi connectivity index (χ2v) is 7.00. The number of ether oxygens (including phenoxy) is 1. The van der Waals surface area contributed by atoms with Gasteiger partial charge in [-0.3, -0.25) is 14.5 Å². The van der Waals surface area contributed by atoms with Gasteiger partial charge in [0, 0.05) is 43.3 Å². The summed E-state index contributed by atoms with van der Waals surface area (Å²) < 4.78 is 10.8. The molecule has 0 unspecified atom stereocenters. The smallest absolute Gasteiger partial charge is 0.289 e. The molecule has 2 heterocycles. The molecule has 0 aliphatic carbocycles. The summed E-state index contributed by atoms with van der Waals surface area (Å²) in [5.74, 6) is 0.855. The van der Waals surface area contributed by atoms with E-state index in [0.717, 1.165) is 5.39 Å². The second-order valence-electron chi connectivity index (χ2n) is 7.00. The van der Waals surface area contributed by atoms with Gasteiger partial charge in [-0.1, -0.05) is 24.3 Å². The third kappa shape index (κ3) is 4.41. The molecule has 7 heteroatoms. The van der Waals surface area contributed by atoms with Crippen LogP contribution >= 0.6 is 0 Å². The number of amides is 2. The zero-order valence-corrected chi connectivity index (χ0v) is 16.3. The Morgan fingerprint density at radius 2 is 1.83 bits per heavy atom. The molecule has 0 radical (unpaired) electrons. The minimum absolute atomic E-state index is 0.0877. The van der Waals surface area contributed by atoms with Crippen LogP contribution in [0.3, 0.4) is 0 Å². The maximum Gasteiger partial charge on any atom is 0.289 e. The van der Waals surface area contributed by atoms with E-state index in [2.05, 4.69) is 5.32 Å². The van der Waals surface area contributed by atoms with Crippen molar-refractivity contribution in [1.29, 1.82) is 0 Å². The Labute approximate surface area is 168 Å². The third-order valence-electron chi connectivity index (χ3n) is 5.02. The van der Waals surface area contributed by atoms with Gasteiger partial charge in [0.25, 0.3) is 5.91 Å². The predicted octanol–water partition coefficient (Wildman–Crippen LogP) is 2.84. The Bertz CT molecular complexity index is 989.